The first-order valence-corrected chi connectivity index (χ1v) is 22.8. The third-order valence-electron chi connectivity index (χ3n) is 12.4. The summed E-state index contributed by atoms with van der Waals surface area (Å²) in [6.45, 7) is 16.6. The van der Waals surface area contributed by atoms with Gasteiger partial charge in [-0.15, -0.1) is 0 Å². The highest BCUT2D eigenvalue weighted by molar-refractivity contribution is 6.90. The van der Waals surface area contributed by atoms with Crippen molar-refractivity contribution in [3.8, 4) is 33.4 Å². The summed E-state index contributed by atoms with van der Waals surface area (Å²) in [6.07, 6.45) is 0. The van der Waals surface area contributed by atoms with Gasteiger partial charge in [-0.2, -0.15) is 0 Å². The third kappa shape index (κ3) is 4.71. The molecule has 0 saturated heterocycles. The minimum atomic E-state index is -1.61. The number of hydrogen-bond acceptors (Lipinski definition) is 2. The Hall–Kier alpha value is -5.64. The van der Waals surface area contributed by atoms with E-state index in [4.69, 9.17) is 4.42 Å². The van der Waals surface area contributed by atoms with Gasteiger partial charge in [0.2, 0.25) is 0 Å². The second-order valence-electron chi connectivity index (χ2n) is 17.4. The van der Waals surface area contributed by atoms with Crippen LogP contribution < -0.4 is 10.1 Å². The van der Waals surface area contributed by atoms with Gasteiger partial charge in [-0.05, 0) is 91.7 Å². The van der Waals surface area contributed by atoms with Crippen molar-refractivity contribution in [2.45, 2.75) is 58.2 Å². The number of nitrogens with zero attached hydrogens (tertiary/aromatic N) is 1. The Kier molecular flexibility index (Phi) is 6.98. The first-order valence-electron chi connectivity index (χ1n) is 19.3. The summed E-state index contributed by atoms with van der Waals surface area (Å²) in [6, 6.07) is 54.3. The third-order valence-corrected chi connectivity index (χ3v) is 14.4. The van der Waals surface area contributed by atoms with Gasteiger partial charge in [-0.1, -0.05) is 157 Å². The molecule has 0 fully saturated rings. The number of anilines is 3. The summed E-state index contributed by atoms with van der Waals surface area (Å²) < 4.78 is 6.81. The Morgan fingerprint density at radius 2 is 0.889 bits per heavy atom. The molecule has 54 heavy (non-hydrogen) atoms. The maximum Gasteiger partial charge on any atom is 0.143 e. The first-order chi connectivity index (χ1) is 25.9. The van der Waals surface area contributed by atoms with Gasteiger partial charge in [0.05, 0.1) is 8.07 Å². The number of fused-ring (bicyclic) bond motifs is 9. The van der Waals surface area contributed by atoms with Crippen LogP contribution in [0.25, 0.3) is 55.3 Å². The summed E-state index contributed by atoms with van der Waals surface area (Å²) in [5.74, 6) is 0. The first kappa shape index (κ1) is 33.0. The normalized spacial score (nSPS) is 14.9. The van der Waals surface area contributed by atoms with Crippen LogP contribution in [0.3, 0.4) is 0 Å². The summed E-state index contributed by atoms with van der Waals surface area (Å²) in [5, 5.41) is 3.75. The van der Waals surface area contributed by atoms with E-state index in [1.54, 1.807) is 0 Å². The Labute approximate surface area is 319 Å². The van der Waals surface area contributed by atoms with Crippen molar-refractivity contribution in [2.24, 2.45) is 0 Å². The highest BCUT2D eigenvalue weighted by atomic mass is 28.3. The monoisotopic (exact) mass is 715 g/mol. The highest BCUT2D eigenvalue weighted by Gasteiger charge is 2.37. The fourth-order valence-electron chi connectivity index (χ4n) is 9.54. The number of rotatable bonds is 5. The predicted molar refractivity (Wildman–Crippen MR) is 232 cm³/mol. The van der Waals surface area contributed by atoms with Crippen molar-refractivity contribution in [1.82, 2.24) is 0 Å². The van der Waals surface area contributed by atoms with Crippen molar-refractivity contribution >= 4 is 52.3 Å². The maximum atomic E-state index is 6.81. The van der Waals surface area contributed by atoms with Crippen LogP contribution in [-0.4, -0.2) is 8.07 Å². The highest BCUT2D eigenvalue weighted by Crippen LogP contribution is 2.53. The van der Waals surface area contributed by atoms with E-state index in [1.165, 1.54) is 60.5 Å². The number of benzene rings is 7. The Morgan fingerprint density at radius 1 is 0.426 bits per heavy atom. The molecular weight excluding hydrogens is 671 g/mol. The second kappa shape index (κ2) is 11.4. The lowest BCUT2D eigenvalue weighted by atomic mass is 9.82. The lowest BCUT2D eigenvalue weighted by molar-refractivity contribution is 0.660. The molecule has 0 spiro atoms. The molecule has 7 aromatic carbocycles. The van der Waals surface area contributed by atoms with Crippen molar-refractivity contribution in [1.29, 1.82) is 0 Å². The fourth-order valence-corrected chi connectivity index (χ4v) is 11.0. The molecule has 0 unspecified atom stereocenters. The molecule has 3 heteroatoms. The van der Waals surface area contributed by atoms with E-state index in [9.17, 15) is 0 Å². The van der Waals surface area contributed by atoms with Gasteiger partial charge < -0.3 is 9.32 Å². The molecule has 0 radical (unpaired) electrons. The predicted octanol–water partition coefficient (Wildman–Crippen LogP) is 13.9. The van der Waals surface area contributed by atoms with Crippen LogP contribution >= 0.6 is 0 Å². The van der Waals surface area contributed by atoms with E-state index < -0.39 is 8.07 Å². The molecule has 0 bridgehead atoms. The summed E-state index contributed by atoms with van der Waals surface area (Å²) in [7, 11) is -1.61. The molecule has 10 rings (SSSR count). The molecule has 2 aliphatic rings. The summed E-state index contributed by atoms with van der Waals surface area (Å²) in [5.41, 5.74) is 18.4. The molecule has 1 heterocycles. The molecule has 1 aromatic heterocycles. The lowest BCUT2D eigenvalue weighted by Crippen LogP contribution is -2.37. The topological polar surface area (TPSA) is 16.4 Å². The summed E-state index contributed by atoms with van der Waals surface area (Å²) in [4.78, 5) is 2.45. The van der Waals surface area contributed by atoms with E-state index >= 15 is 0 Å². The quantitative estimate of drug-likeness (QED) is 0.165. The zero-order valence-electron chi connectivity index (χ0n) is 32.2. The molecule has 264 valence electrons. The average molecular weight is 716 g/mol. The van der Waals surface area contributed by atoms with Gasteiger partial charge in [0.1, 0.15) is 11.2 Å². The molecule has 8 aromatic rings. The van der Waals surface area contributed by atoms with E-state index in [0.29, 0.717) is 0 Å². The summed E-state index contributed by atoms with van der Waals surface area (Å²) >= 11 is 0. The largest absolute Gasteiger partial charge is 0.456 e. The van der Waals surface area contributed by atoms with Gasteiger partial charge in [0.25, 0.3) is 0 Å². The fraction of sp³-hybridized carbons (Fsp3) is 0.176. The van der Waals surface area contributed by atoms with E-state index in [0.717, 1.165) is 39.4 Å². The van der Waals surface area contributed by atoms with Crippen LogP contribution in [0.1, 0.15) is 49.9 Å². The van der Waals surface area contributed by atoms with Gasteiger partial charge in [-0.3, -0.25) is 0 Å². The van der Waals surface area contributed by atoms with Crippen molar-refractivity contribution in [2.75, 3.05) is 4.90 Å². The number of para-hydroxylation sites is 2. The number of furan rings is 1. The SMILES string of the molecule is CC1(C)c2ccccc2-c2ccc(N(c3ccc(-c4cccc5c4oc4c([Si](C)(C)C)cccc45)cc3)c3ccc4c(c3)C(C)(C)c3ccccc3-4)cc21. The zero-order valence-corrected chi connectivity index (χ0v) is 33.2. The van der Waals surface area contributed by atoms with Crippen LogP contribution in [0.15, 0.2) is 150 Å². The standard InChI is InChI=1S/C51H45NOSi/c1-50(2)43-19-10-8-14-37(43)39-28-26-34(30-45(39)50)52(35-27-29-40-38-15-9-11-20-44(38)51(3,4)46(40)31-35)33-24-22-32(23-25-33)36-16-12-17-41-42-18-13-21-47(54(5,6)7)49(42)53-48(36)41/h8-31H,1-7H3. The Balaban J connectivity index is 1.13. The Bertz CT molecular complexity index is 2700. The van der Waals surface area contributed by atoms with E-state index in [2.05, 4.69) is 198 Å². The molecule has 0 N–H and O–H groups in total. The van der Waals surface area contributed by atoms with Gasteiger partial charge in [0, 0.05) is 44.2 Å². The van der Waals surface area contributed by atoms with Crippen molar-refractivity contribution < 1.29 is 4.42 Å². The molecule has 2 aliphatic carbocycles. The van der Waals surface area contributed by atoms with Crippen molar-refractivity contribution in [3.63, 3.8) is 0 Å². The molecule has 2 nitrogen and oxygen atoms in total. The van der Waals surface area contributed by atoms with Crippen LogP contribution in [0.4, 0.5) is 17.1 Å². The maximum absolute atomic E-state index is 6.81. The van der Waals surface area contributed by atoms with Gasteiger partial charge >= 0.3 is 0 Å². The smallest absolute Gasteiger partial charge is 0.143 e. The average Bonchev–Trinajstić information content (AvgIpc) is 3.75. The van der Waals surface area contributed by atoms with Crippen LogP contribution in [0.5, 0.6) is 0 Å². The number of hydrogen-bond donors (Lipinski definition) is 0. The van der Waals surface area contributed by atoms with E-state index in [-0.39, 0.29) is 10.8 Å². The van der Waals surface area contributed by atoms with Crippen molar-refractivity contribution in [3.05, 3.63) is 168 Å². The van der Waals surface area contributed by atoms with Gasteiger partial charge in [-0.25, -0.2) is 0 Å². The molecule has 0 atom stereocenters. The molecular formula is C51H45NOSi. The minimum Gasteiger partial charge on any atom is -0.456 e. The molecule has 0 amide bonds. The molecule has 0 aliphatic heterocycles. The lowest BCUT2D eigenvalue weighted by Gasteiger charge is -2.30. The minimum absolute atomic E-state index is 0.0976. The van der Waals surface area contributed by atoms with Gasteiger partial charge in [0.15, 0.2) is 0 Å². The van der Waals surface area contributed by atoms with Crippen LogP contribution in [0.2, 0.25) is 19.6 Å². The Morgan fingerprint density at radius 3 is 1.44 bits per heavy atom. The van der Waals surface area contributed by atoms with Crippen LogP contribution in [0, 0.1) is 0 Å². The zero-order chi connectivity index (χ0) is 37.1. The van der Waals surface area contributed by atoms with Crippen LogP contribution in [-0.2, 0) is 10.8 Å². The van der Waals surface area contributed by atoms with E-state index in [1.807, 2.05) is 0 Å². The molecule has 0 saturated carbocycles. The second-order valence-corrected chi connectivity index (χ2v) is 22.4.